The Morgan fingerprint density at radius 1 is 0.720 bits per heavy atom. The van der Waals surface area contributed by atoms with Gasteiger partial charge in [0.1, 0.15) is 0 Å². The molecule has 0 atom stereocenters. The molecule has 0 aliphatic heterocycles. The minimum atomic E-state index is 0.0273. The third kappa shape index (κ3) is 5.11. The minimum Gasteiger partial charge on any atom is -0.336 e. The summed E-state index contributed by atoms with van der Waals surface area (Å²) in [5, 5.41) is 0. The van der Waals surface area contributed by atoms with Gasteiger partial charge >= 0.3 is 0 Å². The van der Waals surface area contributed by atoms with Crippen LogP contribution in [0.4, 0.5) is 11.4 Å². The van der Waals surface area contributed by atoms with Gasteiger partial charge in [0, 0.05) is 16.9 Å². The fourth-order valence-corrected chi connectivity index (χ4v) is 3.52. The zero-order valence-corrected chi connectivity index (χ0v) is 17.0. The van der Waals surface area contributed by atoms with Gasteiger partial charge in [-0.05, 0) is 62.4 Å². The molecule has 0 unspecified atom stereocenters. The average Bonchev–Trinajstić information content (AvgIpc) is 2.55. The van der Waals surface area contributed by atoms with E-state index >= 15 is 0 Å². The second kappa shape index (κ2) is 8.08. The summed E-state index contributed by atoms with van der Waals surface area (Å²) < 4.78 is 0. The van der Waals surface area contributed by atoms with Crippen LogP contribution in [0, 0.1) is 0 Å². The molecule has 0 amide bonds. The first-order chi connectivity index (χ1) is 11.8. The third-order valence-electron chi connectivity index (χ3n) is 5.00. The van der Waals surface area contributed by atoms with Crippen LogP contribution >= 0.6 is 0 Å². The molecule has 0 heterocycles. The molecule has 1 nitrogen and oxygen atoms in total. The van der Waals surface area contributed by atoms with E-state index in [1.165, 1.54) is 42.6 Å². The second-order valence-corrected chi connectivity index (χ2v) is 8.73. The third-order valence-corrected chi connectivity index (χ3v) is 5.00. The molecule has 0 saturated heterocycles. The lowest BCUT2D eigenvalue weighted by Crippen LogP contribution is -2.37. The molecule has 0 saturated carbocycles. The Morgan fingerprint density at radius 2 is 1.28 bits per heavy atom. The molecule has 0 aliphatic rings. The topological polar surface area (TPSA) is 3.24 Å². The molecule has 136 valence electrons. The van der Waals surface area contributed by atoms with Crippen LogP contribution in [0.15, 0.2) is 54.6 Å². The lowest BCUT2D eigenvalue weighted by atomic mass is 9.80. The summed E-state index contributed by atoms with van der Waals surface area (Å²) >= 11 is 0. The maximum Gasteiger partial charge on any atom is 0.0416 e. The van der Waals surface area contributed by atoms with Crippen LogP contribution in [-0.4, -0.2) is 5.54 Å². The normalized spacial score (nSPS) is 12.2. The van der Waals surface area contributed by atoms with Crippen molar-refractivity contribution in [3.05, 3.63) is 60.2 Å². The number of hydrogen-bond donors (Lipinski definition) is 0. The van der Waals surface area contributed by atoms with Gasteiger partial charge in [0.2, 0.25) is 0 Å². The van der Waals surface area contributed by atoms with Gasteiger partial charge < -0.3 is 4.90 Å². The van der Waals surface area contributed by atoms with E-state index in [1.54, 1.807) is 0 Å². The zero-order chi connectivity index (χ0) is 18.5. The molecule has 25 heavy (non-hydrogen) atoms. The van der Waals surface area contributed by atoms with E-state index in [-0.39, 0.29) is 11.0 Å². The molecule has 0 N–H and O–H groups in total. The smallest absolute Gasteiger partial charge is 0.0416 e. The molecule has 0 fully saturated rings. The molecular weight excluding hydrogens is 302 g/mol. The summed E-state index contributed by atoms with van der Waals surface area (Å²) in [6, 6.07) is 19.9. The van der Waals surface area contributed by atoms with Gasteiger partial charge in [0.15, 0.2) is 0 Å². The standard InChI is InChI=1S/C24H35N/c1-7-8-12-19-24(5,6)20-15-17-22(18-16-20)25(23(2,3)4)21-13-10-9-11-14-21/h9-11,13-18H,7-8,12,19H2,1-6H3. The molecule has 2 rings (SSSR count). The Hall–Kier alpha value is -1.76. The number of nitrogens with zero attached hydrogens (tertiary/aromatic N) is 1. The Morgan fingerprint density at radius 3 is 1.80 bits per heavy atom. The highest BCUT2D eigenvalue weighted by Crippen LogP contribution is 2.35. The Labute approximate surface area is 155 Å². The van der Waals surface area contributed by atoms with E-state index in [9.17, 15) is 0 Å². The molecule has 2 aromatic rings. The van der Waals surface area contributed by atoms with Crippen molar-refractivity contribution in [3.8, 4) is 0 Å². The van der Waals surface area contributed by atoms with Crippen molar-refractivity contribution in [1.82, 2.24) is 0 Å². The van der Waals surface area contributed by atoms with E-state index in [1.807, 2.05) is 0 Å². The van der Waals surface area contributed by atoms with Gasteiger partial charge in [-0.1, -0.05) is 70.4 Å². The molecule has 0 bridgehead atoms. The molecule has 1 heteroatoms. The van der Waals surface area contributed by atoms with Gasteiger partial charge in [-0.2, -0.15) is 0 Å². The van der Waals surface area contributed by atoms with Crippen LogP contribution in [0.3, 0.4) is 0 Å². The number of unbranched alkanes of at least 4 members (excludes halogenated alkanes) is 2. The summed E-state index contributed by atoms with van der Waals surface area (Å²) in [5.74, 6) is 0. The van der Waals surface area contributed by atoms with Crippen LogP contribution in [0.1, 0.15) is 72.8 Å². The van der Waals surface area contributed by atoms with Crippen molar-refractivity contribution in [2.45, 2.75) is 78.2 Å². The average molecular weight is 338 g/mol. The zero-order valence-electron chi connectivity index (χ0n) is 17.0. The van der Waals surface area contributed by atoms with Crippen molar-refractivity contribution in [2.75, 3.05) is 4.90 Å². The maximum absolute atomic E-state index is 2.42. The Kier molecular flexibility index (Phi) is 6.32. The molecule has 0 radical (unpaired) electrons. The van der Waals surface area contributed by atoms with Crippen LogP contribution in [-0.2, 0) is 5.41 Å². The predicted octanol–water partition coefficient (Wildman–Crippen LogP) is 7.48. The first-order valence-electron chi connectivity index (χ1n) is 9.71. The van der Waals surface area contributed by atoms with Crippen molar-refractivity contribution in [1.29, 1.82) is 0 Å². The quantitative estimate of drug-likeness (QED) is 0.473. The highest BCUT2D eigenvalue weighted by Gasteiger charge is 2.25. The van der Waals surface area contributed by atoms with Crippen LogP contribution < -0.4 is 4.90 Å². The van der Waals surface area contributed by atoms with Crippen molar-refractivity contribution in [2.24, 2.45) is 0 Å². The first kappa shape index (κ1) is 19.6. The summed E-state index contributed by atoms with van der Waals surface area (Å²) in [7, 11) is 0. The number of rotatable bonds is 7. The maximum atomic E-state index is 2.42. The monoisotopic (exact) mass is 337 g/mol. The van der Waals surface area contributed by atoms with Crippen molar-refractivity contribution < 1.29 is 0 Å². The van der Waals surface area contributed by atoms with Crippen LogP contribution in [0.5, 0.6) is 0 Å². The second-order valence-electron chi connectivity index (χ2n) is 8.73. The van der Waals surface area contributed by atoms with Gasteiger partial charge in [-0.3, -0.25) is 0 Å². The number of para-hydroxylation sites is 1. The first-order valence-corrected chi connectivity index (χ1v) is 9.71. The molecule has 0 aromatic heterocycles. The van der Waals surface area contributed by atoms with E-state index < -0.39 is 0 Å². The highest BCUT2D eigenvalue weighted by molar-refractivity contribution is 5.65. The van der Waals surface area contributed by atoms with Gasteiger partial charge in [-0.25, -0.2) is 0 Å². The van der Waals surface area contributed by atoms with Crippen LogP contribution in [0.25, 0.3) is 0 Å². The summed E-state index contributed by atoms with van der Waals surface area (Å²) in [5.41, 5.74) is 4.21. The van der Waals surface area contributed by atoms with Gasteiger partial charge in [0.05, 0.1) is 0 Å². The van der Waals surface area contributed by atoms with Gasteiger partial charge in [-0.15, -0.1) is 0 Å². The van der Waals surface area contributed by atoms with Gasteiger partial charge in [0.25, 0.3) is 0 Å². The van der Waals surface area contributed by atoms with E-state index in [2.05, 4.69) is 101 Å². The summed E-state index contributed by atoms with van der Waals surface area (Å²) in [6.07, 6.45) is 5.17. The van der Waals surface area contributed by atoms with Crippen LogP contribution in [0.2, 0.25) is 0 Å². The number of benzene rings is 2. The molecule has 0 spiro atoms. The number of hydrogen-bond acceptors (Lipinski definition) is 1. The van der Waals surface area contributed by atoms with E-state index in [0.29, 0.717) is 0 Å². The molecule has 2 aromatic carbocycles. The minimum absolute atomic E-state index is 0.0273. The highest BCUT2D eigenvalue weighted by atomic mass is 15.2. The summed E-state index contributed by atoms with van der Waals surface area (Å²) in [4.78, 5) is 2.42. The molecular formula is C24H35N. The van der Waals surface area contributed by atoms with E-state index in [4.69, 9.17) is 0 Å². The van der Waals surface area contributed by atoms with Crippen molar-refractivity contribution >= 4 is 11.4 Å². The largest absolute Gasteiger partial charge is 0.336 e. The SMILES string of the molecule is CCCCCC(C)(C)c1ccc(N(c2ccccc2)C(C)(C)C)cc1. The lowest BCUT2D eigenvalue weighted by Gasteiger charge is -2.38. The molecule has 0 aliphatic carbocycles. The number of anilines is 2. The lowest BCUT2D eigenvalue weighted by molar-refractivity contribution is 0.450. The summed E-state index contributed by atoms with van der Waals surface area (Å²) in [6.45, 7) is 13.8. The predicted molar refractivity (Wildman–Crippen MR) is 112 cm³/mol. The Balaban J connectivity index is 2.27. The fraction of sp³-hybridized carbons (Fsp3) is 0.500. The Bertz CT molecular complexity index is 632. The fourth-order valence-electron chi connectivity index (χ4n) is 3.52. The van der Waals surface area contributed by atoms with Crippen molar-refractivity contribution in [3.63, 3.8) is 0 Å². The van der Waals surface area contributed by atoms with E-state index in [0.717, 1.165) is 0 Å².